The molecule has 1 N–H and O–H groups in total. The Labute approximate surface area is 111 Å². The third-order valence-corrected chi connectivity index (χ3v) is 2.96. The summed E-state index contributed by atoms with van der Waals surface area (Å²) in [6, 6.07) is 0. The van der Waals surface area contributed by atoms with Gasteiger partial charge in [0.25, 0.3) is 0 Å². The summed E-state index contributed by atoms with van der Waals surface area (Å²) in [5, 5.41) is 13.1. The summed E-state index contributed by atoms with van der Waals surface area (Å²) in [6.45, 7) is -0.0180. The summed E-state index contributed by atoms with van der Waals surface area (Å²) in [6.07, 6.45) is -4.36. The van der Waals surface area contributed by atoms with E-state index in [-0.39, 0.29) is 6.54 Å². The Morgan fingerprint density at radius 2 is 2.00 bits per heavy atom. The first-order valence-electron chi connectivity index (χ1n) is 4.65. The van der Waals surface area contributed by atoms with Crippen LogP contribution < -0.4 is 0 Å². The summed E-state index contributed by atoms with van der Waals surface area (Å²) in [5.74, 6) is 0. The van der Waals surface area contributed by atoms with Crippen molar-refractivity contribution in [2.75, 3.05) is 6.54 Å². The van der Waals surface area contributed by atoms with Gasteiger partial charge in [0.2, 0.25) is 10.1 Å². The SMILES string of the molecule is [N-]=[N+]=NC[C@@H]1O[C@@H]2O[C@@H](C(Cl)(Cl)Cl)O[C@@H]2[C@H]1O. The molecular weight excluding hydrogens is 296 g/mol. The van der Waals surface area contributed by atoms with Gasteiger partial charge in [0, 0.05) is 4.91 Å². The van der Waals surface area contributed by atoms with Gasteiger partial charge in [-0.25, -0.2) is 0 Å². The Morgan fingerprint density at radius 3 is 2.53 bits per heavy atom. The standard InChI is InChI=1S/C7H8Cl3N3O4/c8-7(9,10)6-16-4-3(14)2(1-12-13-11)15-5(4)17-6/h2-6,14H,1H2/t2-,3-,4+,5+,6-/m0/s1. The number of alkyl halides is 3. The first-order chi connectivity index (χ1) is 7.93. The molecule has 0 aromatic heterocycles. The first-order valence-corrected chi connectivity index (χ1v) is 5.79. The van der Waals surface area contributed by atoms with Crippen LogP contribution in [0.4, 0.5) is 0 Å². The lowest BCUT2D eigenvalue weighted by atomic mass is 10.1. The number of rotatable bonds is 2. The van der Waals surface area contributed by atoms with E-state index in [1.165, 1.54) is 0 Å². The molecule has 2 fully saturated rings. The molecule has 2 heterocycles. The van der Waals surface area contributed by atoms with E-state index in [0.717, 1.165) is 0 Å². The molecule has 10 heteroatoms. The number of fused-ring (bicyclic) bond motifs is 1. The van der Waals surface area contributed by atoms with Crippen LogP contribution in [0.3, 0.4) is 0 Å². The van der Waals surface area contributed by atoms with Gasteiger partial charge in [-0.3, -0.25) is 0 Å². The van der Waals surface area contributed by atoms with Gasteiger partial charge in [-0.15, -0.1) is 0 Å². The van der Waals surface area contributed by atoms with Gasteiger partial charge in [0.1, 0.15) is 12.2 Å². The van der Waals surface area contributed by atoms with Crippen molar-refractivity contribution in [2.24, 2.45) is 5.11 Å². The molecule has 0 amide bonds. The van der Waals surface area contributed by atoms with Crippen LogP contribution in [0, 0.1) is 0 Å². The van der Waals surface area contributed by atoms with Crippen molar-refractivity contribution in [1.82, 2.24) is 0 Å². The largest absolute Gasteiger partial charge is 0.387 e. The van der Waals surface area contributed by atoms with E-state index in [2.05, 4.69) is 10.0 Å². The van der Waals surface area contributed by atoms with Gasteiger partial charge < -0.3 is 19.3 Å². The first kappa shape index (κ1) is 13.5. The third kappa shape index (κ3) is 2.72. The van der Waals surface area contributed by atoms with E-state index in [9.17, 15) is 5.11 Å². The van der Waals surface area contributed by atoms with Crippen molar-refractivity contribution in [2.45, 2.75) is 34.7 Å². The molecule has 0 aliphatic carbocycles. The van der Waals surface area contributed by atoms with Crippen molar-refractivity contribution >= 4 is 34.8 Å². The maximum Gasteiger partial charge on any atom is 0.241 e. The molecule has 0 aromatic rings. The summed E-state index contributed by atoms with van der Waals surface area (Å²) < 4.78 is 14.0. The van der Waals surface area contributed by atoms with Crippen LogP contribution in [-0.2, 0) is 14.2 Å². The molecular formula is C7H8Cl3N3O4. The van der Waals surface area contributed by atoms with Crippen LogP contribution in [0.1, 0.15) is 0 Å². The lowest BCUT2D eigenvalue weighted by molar-refractivity contribution is -0.163. The van der Waals surface area contributed by atoms with Crippen LogP contribution in [0.15, 0.2) is 5.11 Å². The van der Waals surface area contributed by atoms with E-state index in [0.29, 0.717) is 0 Å². The number of ether oxygens (including phenoxy) is 3. The molecule has 7 nitrogen and oxygen atoms in total. The van der Waals surface area contributed by atoms with Gasteiger partial charge in [0.15, 0.2) is 6.29 Å². The highest BCUT2D eigenvalue weighted by atomic mass is 35.6. The minimum Gasteiger partial charge on any atom is -0.387 e. The highest BCUT2D eigenvalue weighted by molar-refractivity contribution is 6.67. The van der Waals surface area contributed by atoms with E-state index < -0.39 is 34.7 Å². The second kappa shape index (κ2) is 4.95. The fourth-order valence-electron chi connectivity index (χ4n) is 1.68. The van der Waals surface area contributed by atoms with Crippen LogP contribution in [-0.4, -0.2) is 46.3 Å². The molecule has 2 rings (SSSR count). The Hall–Kier alpha value is 0.0200. The zero-order valence-electron chi connectivity index (χ0n) is 8.24. The molecule has 96 valence electrons. The summed E-state index contributed by atoms with van der Waals surface area (Å²) in [7, 11) is 0. The van der Waals surface area contributed by atoms with Crippen molar-refractivity contribution in [3.63, 3.8) is 0 Å². The zero-order chi connectivity index (χ0) is 12.6. The average Bonchev–Trinajstić information content (AvgIpc) is 2.76. The fraction of sp³-hybridized carbons (Fsp3) is 1.00. The molecule has 0 radical (unpaired) electrons. The van der Waals surface area contributed by atoms with Gasteiger partial charge in [-0.1, -0.05) is 39.9 Å². The monoisotopic (exact) mass is 303 g/mol. The van der Waals surface area contributed by atoms with E-state index in [1.54, 1.807) is 0 Å². The zero-order valence-corrected chi connectivity index (χ0v) is 10.5. The minimum atomic E-state index is -1.76. The Morgan fingerprint density at radius 1 is 1.29 bits per heavy atom. The Kier molecular flexibility index (Phi) is 3.92. The Bertz CT molecular complexity index is 346. The number of hydrogen-bond donors (Lipinski definition) is 1. The molecule has 0 saturated carbocycles. The topological polar surface area (TPSA) is 96.7 Å². The minimum absolute atomic E-state index is 0.0180. The van der Waals surface area contributed by atoms with Gasteiger partial charge in [-0.2, -0.15) is 0 Å². The van der Waals surface area contributed by atoms with E-state index >= 15 is 0 Å². The molecule has 2 aliphatic heterocycles. The van der Waals surface area contributed by atoms with Crippen molar-refractivity contribution in [3.8, 4) is 0 Å². The molecule has 0 unspecified atom stereocenters. The number of aliphatic hydroxyl groups excluding tert-OH is 1. The maximum absolute atomic E-state index is 9.83. The lowest BCUT2D eigenvalue weighted by Crippen LogP contribution is -2.36. The smallest absolute Gasteiger partial charge is 0.241 e. The normalized spacial score (nSPS) is 41.1. The fourth-order valence-corrected chi connectivity index (χ4v) is 1.98. The lowest BCUT2D eigenvalue weighted by Gasteiger charge is -2.21. The van der Waals surface area contributed by atoms with Crippen molar-refractivity contribution < 1.29 is 19.3 Å². The molecule has 2 aliphatic rings. The number of azide groups is 1. The predicted molar refractivity (Wildman–Crippen MR) is 58.7 cm³/mol. The second-order valence-corrected chi connectivity index (χ2v) is 5.93. The van der Waals surface area contributed by atoms with Crippen molar-refractivity contribution in [1.29, 1.82) is 0 Å². The molecule has 0 aromatic carbocycles. The van der Waals surface area contributed by atoms with Gasteiger partial charge >= 0.3 is 0 Å². The maximum atomic E-state index is 9.83. The highest BCUT2D eigenvalue weighted by Crippen LogP contribution is 2.42. The molecule has 0 bridgehead atoms. The second-order valence-electron chi connectivity index (χ2n) is 3.56. The average molecular weight is 305 g/mol. The quantitative estimate of drug-likeness (QED) is 0.362. The van der Waals surface area contributed by atoms with Gasteiger partial charge in [-0.05, 0) is 5.53 Å². The van der Waals surface area contributed by atoms with Gasteiger partial charge in [0.05, 0.1) is 12.6 Å². The number of hydrogen-bond acceptors (Lipinski definition) is 5. The summed E-state index contributed by atoms with van der Waals surface area (Å²) in [5.41, 5.74) is 8.17. The third-order valence-electron chi connectivity index (χ3n) is 2.43. The van der Waals surface area contributed by atoms with Crippen LogP contribution in [0.5, 0.6) is 0 Å². The summed E-state index contributed by atoms with van der Waals surface area (Å²) >= 11 is 16.8. The predicted octanol–water partition coefficient (Wildman–Crippen LogP) is 1.49. The van der Waals surface area contributed by atoms with E-state index in [4.69, 9.17) is 54.5 Å². The Balaban J connectivity index is 1.98. The highest BCUT2D eigenvalue weighted by Gasteiger charge is 2.55. The molecule has 5 atom stereocenters. The van der Waals surface area contributed by atoms with Crippen LogP contribution >= 0.6 is 34.8 Å². The van der Waals surface area contributed by atoms with Crippen molar-refractivity contribution in [3.05, 3.63) is 10.4 Å². The van der Waals surface area contributed by atoms with Crippen LogP contribution in [0.2, 0.25) is 0 Å². The molecule has 0 spiro atoms. The molecule has 2 saturated heterocycles. The number of halogens is 3. The van der Waals surface area contributed by atoms with E-state index in [1.807, 2.05) is 0 Å². The summed E-state index contributed by atoms with van der Waals surface area (Å²) in [4.78, 5) is 2.57. The number of aliphatic hydroxyl groups is 1. The molecule has 17 heavy (non-hydrogen) atoms. The number of nitrogens with zero attached hydrogens (tertiary/aromatic N) is 3. The van der Waals surface area contributed by atoms with Crippen LogP contribution in [0.25, 0.3) is 10.4 Å².